The highest BCUT2D eigenvalue weighted by atomic mass is 35.5. The largest absolute Gasteiger partial charge is 0.497 e. The summed E-state index contributed by atoms with van der Waals surface area (Å²) in [7, 11) is 3.14. The molecular formula is C18H19Cl2NO4. The van der Waals surface area contributed by atoms with Crippen molar-refractivity contribution in [1.82, 2.24) is 5.32 Å². The van der Waals surface area contributed by atoms with Crippen molar-refractivity contribution in [2.24, 2.45) is 0 Å². The molecule has 0 fully saturated rings. The monoisotopic (exact) mass is 383 g/mol. The maximum absolute atomic E-state index is 12.3. The molecule has 0 heterocycles. The molecule has 0 spiro atoms. The molecule has 2 rings (SSSR count). The zero-order valence-corrected chi connectivity index (χ0v) is 15.6. The highest BCUT2D eigenvalue weighted by Gasteiger charge is 2.17. The molecule has 0 aliphatic heterocycles. The Kier molecular flexibility index (Phi) is 6.79. The fourth-order valence-electron chi connectivity index (χ4n) is 2.14. The minimum Gasteiger partial charge on any atom is -0.497 e. The summed E-state index contributed by atoms with van der Waals surface area (Å²) in [4.78, 5) is 12.3. The minimum atomic E-state index is -0.720. The van der Waals surface area contributed by atoms with Gasteiger partial charge in [-0.15, -0.1) is 0 Å². The van der Waals surface area contributed by atoms with Crippen LogP contribution >= 0.6 is 23.2 Å². The molecule has 25 heavy (non-hydrogen) atoms. The molecule has 7 heteroatoms. The van der Waals surface area contributed by atoms with Crippen LogP contribution < -0.4 is 19.5 Å². The molecule has 2 aromatic rings. The number of carbonyl (C=O) groups excluding carboxylic acids is 1. The normalized spacial score (nSPS) is 11.6. The van der Waals surface area contributed by atoms with E-state index in [1.165, 1.54) is 0 Å². The summed E-state index contributed by atoms with van der Waals surface area (Å²) in [6.45, 7) is 1.94. The first-order valence-electron chi connectivity index (χ1n) is 7.55. The summed E-state index contributed by atoms with van der Waals surface area (Å²) < 4.78 is 16.1. The molecule has 0 saturated heterocycles. The smallest absolute Gasteiger partial charge is 0.261 e. The van der Waals surface area contributed by atoms with Crippen LogP contribution in [0.1, 0.15) is 12.5 Å². The first-order valence-corrected chi connectivity index (χ1v) is 8.30. The summed E-state index contributed by atoms with van der Waals surface area (Å²) >= 11 is 11.9. The number of ether oxygens (including phenoxy) is 3. The first-order chi connectivity index (χ1) is 11.9. The van der Waals surface area contributed by atoms with Crippen LogP contribution in [0.25, 0.3) is 0 Å². The molecule has 0 aliphatic rings. The van der Waals surface area contributed by atoms with Crippen molar-refractivity contribution in [3.63, 3.8) is 0 Å². The lowest BCUT2D eigenvalue weighted by molar-refractivity contribution is -0.127. The fourth-order valence-corrected chi connectivity index (χ4v) is 2.59. The highest BCUT2D eigenvalue weighted by Crippen LogP contribution is 2.28. The lowest BCUT2D eigenvalue weighted by Crippen LogP contribution is -2.36. The molecule has 1 N–H and O–H groups in total. The fraction of sp³-hybridized carbons (Fsp3) is 0.278. The number of methoxy groups -OCH3 is 2. The molecule has 0 aromatic heterocycles. The SMILES string of the molecule is COc1ccc(CNC(=O)C(C)Oc2ccc(Cl)cc2Cl)c(OC)c1. The van der Waals surface area contributed by atoms with E-state index in [4.69, 9.17) is 37.4 Å². The lowest BCUT2D eigenvalue weighted by atomic mass is 10.2. The second-order valence-corrected chi connectivity index (χ2v) is 6.07. The Bertz CT molecular complexity index is 752. The first kappa shape index (κ1) is 19.2. The molecule has 134 valence electrons. The number of amides is 1. The van der Waals surface area contributed by atoms with E-state index in [0.717, 1.165) is 5.56 Å². The van der Waals surface area contributed by atoms with Gasteiger partial charge in [-0.1, -0.05) is 23.2 Å². The number of hydrogen-bond donors (Lipinski definition) is 1. The summed E-state index contributed by atoms with van der Waals surface area (Å²) in [5.74, 6) is 1.44. The van der Waals surface area contributed by atoms with Crippen molar-refractivity contribution in [2.45, 2.75) is 19.6 Å². The average Bonchev–Trinajstić information content (AvgIpc) is 2.61. The highest BCUT2D eigenvalue weighted by molar-refractivity contribution is 6.35. The van der Waals surface area contributed by atoms with E-state index in [-0.39, 0.29) is 5.91 Å². The van der Waals surface area contributed by atoms with Crippen LogP contribution in [0.15, 0.2) is 36.4 Å². The van der Waals surface area contributed by atoms with Gasteiger partial charge >= 0.3 is 0 Å². The number of carbonyl (C=O) groups is 1. The van der Waals surface area contributed by atoms with Crippen LogP contribution in [0.2, 0.25) is 10.0 Å². The van der Waals surface area contributed by atoms with Crippen molar-refractivity contribution in [1.29, 1.82) is 0 Å². The Morgan fingerprint density at radius 3 is 2.48 bits per heavy atom. The van der Waals surface area contributed by atoms with Gasteiger partial charge in [0.1, 0.15) is 17.2 Å². The third kappa shape index (κ3) is 5.18. The standard InChI is InChI=1S/C18H19Cl2NO4/c1-11(25-16-7-5-13(19)8-15(16)20)18(22)21-10-12-4-6-14(23-2)9-17(12)24-3/h4-9,11H,10H2,1-3H3,(H,21,22). The number of benzene rings is 2. The van der Waals surface area contributed by atoms with E-state index in [9.17, 15) is 4.79 Å². The molecule has 0 saturated carbocycles. The Morgan fingerprint density at radius 1 is 1.08 bits per heavy atom. The van der Waals surface area contributed by atoms with Crippen molar-refractivity contribution < 1.29 is 19.0 Å². The Balaban J connectivity index is 1.97. The Labute approximate surface area is 156 Å². The van der Waals surface area contributed by atoms with E-state index >= 15 is 0 Å². The molecule has 0 aliphatic carbocycles. The van der Waals surface area contributed by atoms with Gasteiger partial charge in [-0.05, 0) is 37.3 Å². The molecule has 0 bridgehead atoms. The molecule has 1 amide bonds. The number of nitrogens with one attached hydrogen (secondary N) is 1. The third-order valence-corrected chi connectivity index (χ3v) is 4.04. The van der Waals surface area contributed by atoms with Gasteiger partial charge in [-0.3, -0.25) is 4.79 Å². The number of rotatable bonds is 7. The van der Waals surface area contributed by atoms with E-state index < -0.39 is 6.10 Å². The summed E-state index contributed by atoms with van der Waals surface area (Å²) in [5.41, 5.74) is 0.827. The third-order valence-electron chi connectivity index (χ3n) is 3.51. The van der Waals surface area contributed by atoms with Gasteiger partial charge < -0.3 is 19.5 Å². The van der Waals surface area contributed by atoms with Crippen molar-refractivity contribution in [3.8, 4) is 17.2 Å². The Morgan fingerprint density at radius 2 is 1.84 bits per heavy atom. The number of halogens is 2. The van der Waals surface area contributed by atoms with E-state index in [2.05, 4.69) is 5.32 Å². The van der Waals surface area contributed by atoms with Gasteiger partial charge in [-0.25, -0.2) is 0 Å². The zero-order valence-electron chi connectivity index (χ0n) is 14.1. The minimum absolute atomic E-state index is 0.274. The van der Waals surface area contributed by atoms with Crippen LogP contribution in [-0.4, -0.2) is 26.2 Å². The molecule has 1 atom stereocenters. The summed E-state index contributed by atoms with van der Waals surface area (Å²) in [6.07, 6.45) is -0.720. The Hall–Kier alpha value is -2.11. The van der Waals surface area contributed by atoms with E-state index in [0.29, 0.717) is 33.8 Å². The molecule has 5 nitrogen and oxygen atoms in total. The van der Waals surface area contributed by atoms with Crippen LogP contribution in [0.4, 0.5) is 0 Å². The van der Waals surface area contributed by atoms with Gasteiger partial charge in [0, 0.05) is 23.2 Å². The van der Waals surface area contributed by atoms with Crippen LogP contribution in [0, 0.1) is 0 Å². The van der Waals surface area contributed by atoms with Gasteiger partial charge in [0.25, 0.3) is 5.91 Å². The van der Waals surface area contributed by atoms with Crippen molar-refractivity contribution in [3.05, 3.63) is 52.0 Å². The van der Waals surface area contributed by atoms with Gasteiger partial charge in [-0.2, -0.15) is 0 Å². The van der Waals surface area contributed by atoms with Crippen LogP contribution in [0.3, 0.4) is 0 Å². The second kappa shape index (κ2) is 8.83. The molecular weight excluding hydrogens is 365 g/mol. The number of hydrogen-bond acceptors (Lipinski definition) is 4. The second-order valence-electron chi connectivity index (χ2n) is 5.23. The summed E-state index contributed by atoms with van der Waals surface area (Å²) in [6, 6.07) is 10.2. The van der Waals surface area contributed by atoms with E-state index in [1.807, 2.05) is 6.07 Å². The van der Waals surface area contributed by atoms with E-state index in [1.54, 1.807) is 51.5 Å². The lowest BCUT2D eigenvalue weighted by Gasteiger charge is -2.16. The van der Waals surface area contributed by atoms with Crippen LogP contribution in [-0.2, 0) is 11.3 Å². The maximum atomic E-state index is 12.3. The average molecular weight is 384 g/mol. The quantitative estimate of drug-likeness (QED) is 0.781. The molecule has 1 unspecified atom stereocenters. The van der Waals surface area contributed by atoms with Gasteiger partial charge in [0.05, 0.1) is 19.2 Å². The predicted octanol–water partition coefficient (Wildman–Crippen LogP) is 4.09. The predicted molar refractivity (Wildman–Crippen MR) is 97.9 cm³/mol. The summed E-state index contributed by atoms with van der Waals surface area (Å²) in [5, 5.41) is 3.66. The topological polar surface area (TPSA) is 56.8 Å². The van der Waals surface area contributed by atoms with Gasteiger partial charge in [0.2, 0.25) is 0 Å². The van der Waals surface area contributed by atoms with Crippen molar-refractivity contribution in [2.75, 3.05) is 14.2 Å². The molecule has 0 radical (unpaired) electrons. The maximum Gasteiger partial charge on any atom is 0.261 e. The zero-order chi connectivity index (χ0) is 18.4. The van der Waals surface area contributed by atoms with Crippen molar-refractivity contribution >= 4 is 29.1 Å². The van der Waals surface area contributed by atoms with Gasteiger partial charge in [0.15, 0.2) is 6.10 Å². The van der Waals surface area contributed by atoms with Crippen LogP contribution in [0.5, 0.6) is 17.2 Å². The molecule has 2 aromatic carbocycles.